The van der Waals surface area contributed by atoms with Gasteiger partial charge in [0.15, 0.2) is 0 Å². The molecule has 2 rings (SSSR count). The highest BCUT2D eigenvalue weighted by atomic mass is 16.3. The Kier molecular flexibility index (Phi) is 4.76. The van der Waals surface area contributed by atoms with Crippen LogP contribution in [0.1, 0.15) is 64.0 Å². The van der Waals surface area contributed by atoms with Crippen LogP contribution in [0.15, 0.2) is 24.4 Å². The first kappa shape index (κ1) is 13.5. The third-order valence-electron chi connectivity index (χ3n) is 4.42. The molecule has 0 saturated heterocycles. The van der Waals surface area contributed by atoms with Crippen LogP contribution < -0.4 is 0 Å². The van der Waals surface area contributed by atoms with Crippen molar-refractivity contribution in [1.82, 2.24) is 4.98 Å². The summed E-state index contributed by atoms with van der Waals surface area (Å²) in [5, 5.41) is 10.8. The predicted octanol–water partition coefficient (Wildman–Crippen LogP) is 4.04. The van der Waals surface area contributed by atoms with Gasteiger partial charge >= 0.3 is 0 Å². The van der Waals surface area contributed by atoms with Gasteiger partial charge in [0.2, 0.25) is 0 Å². The number of aromatic nitrogens is 1. The van der Waals surface area contributed by atoms with Crippen LogP contribution in [-0.4, -0.2) is 10.1 Å². The average Bonchev–Trinajstić information content (AvgIpc) is 2.47. The highest BCUT2D eigenvalue weighted by Gasteiger charge is 2.29. The lowest BCUT2D eigenvalue weighted by Crippen LogP contribution is -2.27. The molecule has 1 aliphatic rings. The summed E-state index contributed by atoms with van der Waals surface area (Å²) in [4.78, 5) is 4.34. The zero-order valence-corrected chi connectivity index (χ0v) is 11.4. The Morgan fingerprint density at radius 1 is 1.28 bits per heavy atom. The fraction of sp³-hybridized carbons (Fsp3) is 0.688. The van der Waals surface area contributed by atoms with Crippen LogP contribution in [0.25, 0.3) is 0 Å². The van der Waals surface area contributed by atoms with E-state index in [1.165, 1.54) is 32.1 Å². The SMILES string of the molecule is CCC(O)(CCC1CCCCC1)c1ccccn1. The summed E-state index contributed by atoms with van der Waals surface area (Å²) < 4.78 is 0. The molecule has 1 aromatic heterocycles. The minimum absolute atomic E-state index is 0.724. The Morgan fingerprint density at radius 2 is 2.06 bits per heavy atom. The van der Waals surface area contributed by atoms with E-state index in [1.807, 2.05) is 18.2 Å². The molecule has 100 valence electrons. The van der Waals surface area contributed by atoms with Crippen molar-refractivity contribution in [3.8, 4) is 0 Å². The number of nitrogens with zero attached hydrogens (tertiary/aromatic N) is 1. The average molecular weight is 247 g/mol. The highest BCUT2D eigenvalue weighted by molar-refractivity contribution is 5.12. The first-order chi connectivity index (χ1) is 8.74. The molecule has 1 N–H and O–H groups in total. The zero-order valence-electron chi connectivity index (χ0n) is 11.4. The Bertz CT molecular complexity index is 345. The topological polar surface area (TPSA) is 33.1 Å². The first-order valence-electron chi connectivity index (χ1n) is 7.38. The molecular formula is C16H25NO. The van der Waals surface area contributed by atoms with Crippen molar-refractivity contribution < 1.29 is 5.11 Å². The largest absolute Gasteiger partial charge is 0.384 e. The van der Waals surface area contributed by atoms with Crippen LogP contribution >= 0.6 is 0 Å². The number of aliphatic hydroxyl groups is 1. The Balaban J connectivity index is 1.95. The molecule has 2 nitrogen and oxygen atoms in total. The normalized spacial score (nSPS) is 20.6. The summed E-state index contributed by atoms with van der Waals surface area (Å²) in [5.41, 5.74) is 0.113. The molecule has 0 aromatic carbocycles. The molecule has 1 heterocycles. The summed E-state index contributed by atoms with van der Waals surface area (Å²) >= 11 is 0. The number of rotatable bonds is 5. The molecule has 2 heteroatoms. The maximum absolute atomic E-state index is 10.8. The standard InChI is InChI=1S/C16H25NO/c1-2-16(18,15-10-6-7-13-17-15)12-11-14-8-4-3-5-9-14/h6-7,10,13-14,18H,2-5,8-9,11-12H2,1H3. The fourth-order valence-electron chi connectivity index (χ4n) is 3.04. The van der Waals surface area contributed by atoms with E-state index in [0.29, 0.717) is 0 Å². The molecule has 18 heavy (non-hydrogen) atoms. The third kappa shape index (κ3) is 3.32. The minimum Gasteiger partial charge on any atom is -0.384 e. The van der Waals surface area contributed by atoms with E-state index in [1.54, 1.807) is 6.20 Å². The molecule has 0 bridgehead atoms. The van der Waals surface area contributed by atoms with Crippen LogP contribution in [0.5, 0.6) is 0 Å². The van der Waals surface area contributed by atoms with Gasteiger partial charge in [-0.25, -0.2) is 0 Å². The fourth-order valence-corrected chi connectivity index (χ4v) is 3.04. The Morgan fingerprint density at radius 3 is 2.67 bits per heavy atom. The second kappa shape index (κ2) is 6.33. The Hall–Kier alpha value is -0.890. The van der Waals surface area contributed by atoms with E-state index in [9.17, 15) is 5.11 Å². The quantitative estimate of drug-likeness (QED) is 0.851. The maximum atomic E-state index is 10.8. The monoisotopic (exact) mass is 247 g/mol. The molecule has 0 amide bonds. The van der Waals surface area contributed by atoms with Gasteiger partial charge in [-0.15, -0.1) is 0 Å². The van der Waals surface area contributed by atoms with Crippen molar-refractivity contribution in [3.63, 3.8) is 0 Å². The van der Waals surface area contributed by atoms with Gasteiger partial charge < -0.3 is 5.11 Å². The molecule has 1 atom stereocenters. The van der Waals surface area contributed by atoms with Crippen molar-refractivity contribution in [2.75, 3.05) is 0 Å². The third-order valence-corrected chi connectivity index (χ3v) is 4.42. The van der Waals surface area contributed by atoms with Crippen LogP contribution in [0, 0.1) is 5.92 Å². The summed E-state index contributed by atoms with van der Waals surface area (Å²) in [6.45, 7) is 2.05. The van der Waals surface area contributed by atoms with E-state index < -0.39 is 5.60 Å². The second-order valence-electron chi connectivity index (χ2n) is 5.64. The van der Waals surface area contributed by atoms with Gasteiger partial charge in [0.1, 0.15) is 5.60 Å². The summed E-state index contributed by atoms with van der Waals surface area (Å²) in [7, 11) is 0. The van der Waals surface area contributed by atoms with Gasteiger partial charge in [0, 0.05) is 6.20 Å². The van der Waals surface area contributed by atoms with Crippen LogP contribution in [-0.2, 0) is 5.60 Å². The van der Waals surface area contributed by atoms with Gasteiger partial charge in [-0.2, -0.15) is 0 Å². The van der Waals surface area contributed by atoms with Crippen molar-refractivity contribution in [2.45, 2.75) is 63.9 Å². The van der Waals surface area contributed by atoms with Crippen molar-refractivity contribution in [1.29, 1.82) is 0 Å². The first-order valence-corrected chi connectivity index (χ1v) is 7.38. The molecule has 1 unspecified atom stereocenters. The number of hydrogen-bond acceptors (Lipinski definition) is 2. The summed E-state index contributed by atoms with van der Waals surface area (Å²) in [5.74, 6) is 0.820. The van der Waals surface area contributed by atoms with E-state index in [-0.39, 0.29) is 0 Å². The van der Waals surface area contributed by atoms with Gasteiger partial charge in [-0.05, 0) is 37.3 Å². The number of pyridine rings is 1. The van der Waals surface area contributed by atoms with E-state index in [2.05, 4.69) is 11.9 Å². The van der Waals surface area contributed by atoms with Crippen molar-refractivity contribution in [3.05, 3.63) is 30.1 Å². The maximum Gasteiger partial charge on any atom is 0.106 e. The van der Waals surface area contributed by atoms with Crippen molar-refractivity contribution in [2.24, 2.45) is 5.92 Å². The Labute approximate surface area is 110 Å². The molecule has 1 saturated carbocycles. The van der Waals surface area contributed by atoms with Gasteiger partial charge in [-0.1, -0.05) is 45.1 Å². The molecule has 1 aromatic rings. The molecular weight excluding hydrogens is 222 g/mol. The van der Waals surface area contributed by atoms with Crippen molar-refractivity contribution >= 4 is 0 Å². The van der Waals surface area contributed by atoms with Gasteiger partial charge in [-0.3, -0.25) is 4.98 Å². The molecule has 1 aliphatic carbocycles. The summed E-state index contributed by atoms with van der Waals surface area (Å²) in [6.07, 6.45) is 11.4. The van der Waals surface area contributed by atoms with Crippen LogP contribution in [0.4, 0.5) is 0 Å². The molecule has 0 aliphatic heterocycles. The van der Waals surface area contributed by atoms with Gasteiger partial charge in [0.05, 0.1) is 5.69 Å². The van der Waals surface area contributed by atoms with E-state index in [0.717, 1.165) is 30.9 Å². The molecule has 1 fully saturated rings. The lowest BCUT2D eigenvalue weighted by atomic mass is 9.81. The lowest BCUT2D eigenvalue weighted by Gasteiger charge is -2.29. The smallest absolute Gasteiger partial charge is 0.106 e. The van der Waals surface area contributed by atoms with E-state index >= 15 is 0 Å². The highest BCUT2D eigenvalue weighted by Crippen LogP contribution is 2.34. The predicted molar refractivity (Wildman–Crippen MR) is 74.2 cm³/mol. The van der Waals surface area contributed by atoms with Crippen LogP contribution in [0.3, 0.4) is 0 Å². The second-order valence-corrected chi connectivity index (χ2v) is 5.64. The number of hydrogen-bond donors (Lipinski definition) is 1. The molecule has 0 radical (unpaired) electrons. The lowest BCUT2D eigenvalue weighted by molar-refractivity contribution is 0.0112. The minimum atomic E-state index is -0.724. The van der Waals surface area contributed by atoms with Crippen LogP contribution in [0.2, 0.25) is 0 Å². The zero-order chi connectivity index (χ0) is 12.8. The van der Waals surface area contributed by atoms with E-state index in [4.69, 9.17) is 0 Å². The summed E-state index contributed by atoms with van der Waals surface area (Å²) in [6, 6.07) is 5.81. The molecule has 0 spiro atoms. The van der Waals surface area contributed by atoms with Gasteiger partial charge in [0.25, 0.3) is 0 Å².